The minimum atomic E-state index is -0.513. The molecule has 2 aromatic carbocycles. The Labute approximate surface area is 149 Å². The van der Waals surface area contributed by atoms with Crippen LogP contribution in [0.4, 0.5) is 5.69 Å². The Morgan fingerprint density at radius 2 is 2.12 bits per heavy atom. The molecule has 2 aromatic rings. The molecule has 7 nitrogen and oxygen atoms in total. The van der Waals surface area contributed by atoms with Crippen LogP contribution in [0.2, 0.25) is 5.02 Å². The summed E-state index contributed by atoms with van der Waals surface area (Å²) >= 11 is 5.92. The predicted molar refractivity (Wildman–Crippen MR) is 94.7 cm³/mol. The van der Waals surface area contributed by atoms with Gasteiger partial charge in [-0.05, 0) is 30.7 Å². The van der Waals surface area contributed by atoms with Crippen LogP contribution in [0.15, 0.2) is 53.7 Å². The molecular weight excluding hydrogens is 346 g/mol. The highest BCUT2D eigenvalue weighted by molar-refractivity contribution is 6.30. The molecule has 130 valence electrons. The molecule has 0 saturated heterocycles. The van der Waals surface area contributed by atoms with Gasteiger partial charge in [0.1, 0.15) is 0 Å². The first-order valence-corrected chi connectivity index (χ1v) is 7.78. The second-order valence-electron chi connectivity index (χ2n) is 5.17. The molecule has 0 aliphatic heterocycles. The van der Waals surface area contributed by atoms with E-state index in [0.29, 0.717) is 10.6 Å². The maximum Gasteiger partial charge on any atom is 0.278 e. The van der Waals surface area contributed by atoms with Crippen LogP contribution >= 0.6 is 11.6 Å². The number of benzene rings is 2. The van der Waals surface area contributed by atoms with Gasteiger partial charge in [-0.3, -0.25) is 14.9 Å². The summed E-state index contributed by atoms with van der Waals surface area (Å²) in [6.07, 6.45) is 1.20. The Kier molecular flexibility index (Phi) is 6.47. The number of oxime groups is 1. The van der Waals surface area contributed by atoms with Crippen molar-refractivity contribution in [2.75, 3.05) is 6.61 Å². The van der Waals surface area contributed by atoms with E-state index in [0.717, 1.165) is 5.56 Å². The van der Waals surface area contributed by atoms with Crippen molar-refractivity contribution in [2.45, 2.75) is 13.0 Å². The maximum atomic E-state index is 11.8. The molecular formula is C17H16ClN3O4. The van der Waals surface area contributed by atoms with Gasteiger partial charge in [-0.1, -0.05) is 41.0 Å². The summed E-state index contributed by atoms with van der Waals surface area (Å²) in [5, 5.41) is 17.8. The Balaban J connectivity index is 1.85. The topological polar surface area (TPSA) is 93.8 Å². The number of hydrogen-bond acceptors (Lipinski definition) is 5. The Hall–Kier alpha value is -2.93. The number of nitro groups is 1. The third kappa shape index (κ3) is 5.58. The summed E-state index contributed by atoms with van der Waals surface area (Å²) in [5.41, 5.74) is 1.07. The fraction of sp³-hybridized carbons (Fsp3) is 0.176. The lowest BCUT2D eigenvalue weighted by Gasteiger charge is -2.14. The number of halogens is 1. The molecule has 25 heavy (non-hydrogen) atoms. The van der Waals surface area contributed by atoms with Gasteiger partial charge >= 0.3 is 0 Å². The summed E-state index contributed by atoms with van der Waals surface area (Å²) in [7, 11) is 0. The summed E-state index contributed by atoms with van der Waals surface area (Å²) in [4.78, 5) is 27.1. The molecule has 0 spiro atoms. The normalized spacial score (nSPS) is 11.9. The summed E-state index contributed by atoms with van der Waals surface area (Å²) in [5.74, 6) is -0.368. The lowest BCUT2D eigenvalue weighted by Crippen LogP contribution is -2.29. The lowest BCUT2D eigenvalue weighted by molar-refractivity contribution is -0.385. The third-order valence-corrected chi connectivity index (χ3v) is 3.56. The first-order valence-electron chi connectivity index (χ1n) is 7.41. The fourth-order valence-corrected chi connectivity index (χ4v) is 2.29. The van der Waals surface area contributed by atoms with Crippen molar-refractivity contribution in [3.8, 4) is 0 Å². The average molecular weight is 362 g/mol. The number of nitro benzene ring substituents is 1. The highest BCUT2D eigenvalue weighted by Crippen LogP contribution is 2.17. The smallest absolute Gasteiger partial charge is 0.278 e. The molecule has 0 aliphatic rings. The van der Waals surface area contributed by atoms with Crippen LogP contribution in [0.3, 0.4) is 0 Å². The van der Waals surface area contributed by atoms with Crippen LogP contribution in [0.5, 0.6) is 0 Å². The monoisotopic (exact) mass is 361 g/mol. The number of rotatable bonds is 7. The zero-order valence-electron chi connectivity index (χ0n) is 13.4. The molecule has 1 unspecified atom stereocenters. The minimum absolute atomic E-state index is 0.0890. The minimum Gasteiger partial charge on any atom is -0.386 e. The molecule has 0 radical (unpaired) electrons. The fourth-order valence-electron chi connectivity index (χ4n) is 2.10. The Bertz CT molecular complexity index is 795. The van der Waals surface area contributed by atoms with Gasteiger partial charge in [0.25, 0.3) is 11.6 Å². The Morgan fingerprint density at radius 3 is 2.84 bits per heavy atom. The number of amides is 1. The van der Waals surface area contributed by atoms with Gasteiger partial charge in [-0.15, -0.1) is 0 Å². The summed E-state index contributed by atoms with van der Waals surface area (Å²) in [6.45, 7) is 1.52. The average Bonchev–Trinajstić information content (AvgIpc) is 2.59. The van der Waals surface area contributed by atoms with Crippen molar-refractivity contribution in [1.82, 2.24) is 5.32 Å². The van der Waals surface area contributed by atoms with E-state index in [1.807, 2.05) is 13.0 Å². The number of nitrogens with one attached hydrogen (secondary N) is 1. The van der Waals surface area contributed by atoms with Gasteiger partial charge in [0.05, 0.1) is 22.7 Å². The van der Waals surface area contributed by atoms with Crippen LogP contribution in [0, 0.1) is 10.1 Å². The van der Waals surface area contributed by atoms with E-state index in [9.17, 15) is 14.9 Å². The quantitative estimate of drug-likeness (QED) is 0.464. The van der Waals surface area contributed by atoms with Gasteiger partial charge in [0.15, 0.2) is 6.61 Å². The van der Waals surface area contributed by atoms with E-state index in [-0.39, 0.29) is 24.2 Å². The molecule has 1 atom stereocenters. The number of nitrogens with zero attached hydrogens (tertiary/aromatic N) is 2. The van der Waals surface area contributed by atoms with Crippen molar-refractivity contribution in [1.29, 1.82) is 0 Å². The molecule has 1 N–H and O–H groups in total. The van der Waals surface area contributed by atoms with Crippen LogP contribution in [-0.2, 0) is 9.63 Å². The predicted octanol–water partition coefficient (Wildman–Crippen LogP) is 3.48. The molecule has 0 heterocycles. The first kappa shape index (κ1) is 18.4. The van der Waals surface area contributed by atoms with E-state index in [1.54, 1.807) is 30.3 Å². The van der Waals surface area contributed by atoms with Gasteiger partial charge in [-0.2, -0.15) is 0 Å². The van der Waals surface area contributed by atoms with E-state index in [4.69, 9.17) is 16.4 Å². The highest BCUT2D eigenvalue weighted by atomic mass is 35.5. The van der Waals surface area contributed by atoms with Gasteiger partial charge < -0.3 is 10.2 Å². The van der Waals surface area contributed by atoms with Crippen molar-refractivity contribution in [2.24, 2.45) is 5.16 Å². The second kappa shape index (κ2) is 8.79. The lowest BCUT2D eigenvalue weighted by atomic mass is 10.1. The standard InChI is InChI=1S/C17H16ClN3O4/c1-12(13-6-4-7-15(18)9-13)20-17(22)11-25-19-10-14-5-2-3-8-16(14)21(23)24/h2-10,12H,11H2,1H3,(H,20,22)/b19-10+. The molecule has 0 fully saturated rings. The first-order chi connectivity index (χ1) is 12.0. The summed E-state index contributed by atoms with van der Waals surface area (Å²) < 4.78 is 0. The highest BCUT2D eigenvalue weighted by Gasteiger charge is 2.11. The molecule has 2 rings (SSSR count). The molecule has 1 amide bonds. The van der Waals surface area contributed by atoms with Gasteiger partial charge in [0, 0.05) is 11.1 Å². The van der Waals surface area contributed by atoms with E-state index < -0.39 is 4.92 Å². The maximum absolute atomic E-state index is 11.8. The van der Waals surface area contributed by atoms with E-state index in [1.165, 1.54) is 18.3 Å². The van der Waals surface area contributed by atoms with E-state index >= 15 is 0 Å². The van der Waals surface area contributed by atoms with Gasteiger partial charge in [-0.25, -0.2) is 0 Å². The molecule has 0 saturated carbocycles. The third-order valence-electron chi connectivity index (χ3n) is 3.32. The van der Waals surface area contributed by atoms with Crippen molar-refractivity contribution >= 4 is 29.4 Å². The van der Waals surface area contributed by atoms with Crippen molar-refractivity contribution < 1.29 is 14.6 Å². The molecule has 0 aromatic heterocycles. The van der Waals surface area contributed by atoms with Crippen molar-refractivity contribution in [3.05, 3.63) is 74.8 Å². The molecule has 8 heteroatoms. The van der Waals surface area contributed by atoms with Crippen molar-refractivity contribution in [3.63, 3.8) is 0 Å². The van der Waals surface area contributed by atoms with Crippen LogP contribution in [0.25, 0.3) is 0 Å². The molecule has 0 aliphatic carbocycles. The zero-order chi connectivity index (χ0) is 18.2. The van der Waals surface area contributed by atoms with E-state index in [2.05, 4.69) is 10.5 Å². The zero-order valence-corrected chi connectivity index (χ0v) is 14.1. The van der Waals surface area contributed by atoms with Crippen LogP contribution < -0.4 is 5.32 Å². The van der Waals surface area contributed by atoms with Crippen LogP contribution in [0.1, 0.15) is 24.1 Å². The number of carbonyl (C=O) groups excluding carboxylic acids is 1. The SMILES string of the molecule is CC(NC(=O)CO/N=C/c1ccccc1[N+](=O)[O-])c1cccc(Cl)c1. The largest absolute Gasteiger partial charge is 0.386 e. The molecule has 0 bridgehead atoms. The number of carbonyl (C=O) groups is 1. The second-order valence-corrected chi connectivity index (χ2v) is 5.60. The van der Waals surface area contributed by atoms with Crippen LogP contribution in [-0.4, -0.2) is 23.7 Å². The van der Waals surface area contributed by atoms with Gasteiger partial charge in [0.2, 0.25) is 0 Å². The number of para-hydroxylation sites is 1. The number of hydrogen-bond donors (Lipinski definition) is 1. The Morgan fingerprint density at radius 1 is 1.36 bits per heavy atom. The summed E-state index contributed by atoms with van der Waals surface area (Å²) in [6, 6.07) is 13.0.